The van der Waals surface area contributed by atoms with Crippen LogP contribution in [-0.4, -0.2) is 34.1 Å². The number of rotatable bonds is 4. The molecule has 0 unspecified atom stereocenters. The Morgan fingerprint density at radius 3 is 2.59 bits per heavy atom. The third-order valence-electron chi connectivity index (χ3n) is 2.56. The quantitative estimate of drug-likeness (QED) is 0.653. The van der Waals surface area contributed by atoms with Crippen LogP contribution in [0.5, 0.6) is 5.75 Å². The minimum Gasteiger partial charge on any atom is -0.508 e. The van der Waals surface area contributed by atoms with E-state index in [-0.39, 0.29) is 17.6 Å². The topological polar surface area (TPSA) is 57.6 Å². The smallest absolute Gasteiger partial charge is 0.229 e. The van der Waals surface area contributed by atoms with Gasteiger partial charge in [-0.05, 0) is 18.2 Å². The Morgan fingerprint density at radius 2 is 1.94 bits per heavy atom. The van der Waals surface area contributed by atoms with Gasteiger partial charge in [-0.2, -0.15) is 0 Å². The van der Waals surface area contributed by atoms with E-state index < -0.39 is 0 Å². The largest absolute Gasteiger partial charge is 0.508 e. The molecule has 2 rings (SSSR count). The average Bonchev–Trinajstić information content (AvgIpc) is 2.61. The summed E-state index contributed by atoms with van der Waals surface area (Å²) in [5.41, 5.74) is 0. The predicted octanol–water partition coefficient (Wildman–Crippen LogP) is 1.63. The lowest BCUT2D eigenvalue weighted by atomic mass is 10.3. The van der Waals surface area contributed by atoms with Crippen molar-refractivity contribution < 1.29 is 14.7 Å². The van der Waals surface area contributed by atoms with Gasteiger partial charge in [-0.25, -0.2) is 0 Å². The highest BCUT2D eigenvalue weighted by molar-refractivity contribution is 7.99. The van der Waals surface area contributed by atoms with E-state index in [4.69, 9.17) is 0 Å². The first-order valence-electron chi connectivity index (χ1n) is 5.42. The van der Waals surface area contributed by atoms with Crippen LogP contribution in [0.1, 0.15) is 12.8 Å². The minimum absolute atomic E-state index is 0.0773. The molecule has 17 heavy (non-hydrogen) atoms. The van der Waals surface area contributed by atoms with Crippen molar-refractivity contribution in [2.45, 2.75) is 17.7 Å². The minimum atomic E-state index is -0.0773. The van der Waals surface area contributed by atoms with Crippen molar-refractivity contribution in [1.29, 1.82) is 0 Å². The Labute approximate surface area is 104 Å². The first-order chi connectivity index (χ1) is 8.16. The van der Waals surface area contributed by atoms with E-state index >= 15 is 0 Å². The molecule has 1 N–H and O–H groups in total. The molecule has 0 bridgehead atoms. The van der Waals surface area contributed by atoms with Crippen molar-refractivity contribution in [2.24, 2.45) is 0 Å². The monoisotopic (exact) mass is 251 g/mol. The van der Waals surface area contributed by atoms with Gasteiger partial charge in [0.05, 0.1) is 0 Å². The molecule has 0 aromatic heterocycles. The summed E-state index contributed by atoms with van der Waals surface area (Å²) in [5.74, 6) is 0.724. The fourth-order valence-electron chi connectivity index (χ4n) is 1.70. The normalized spacial score (nSPS) is 15.6. The molecule has 1 fully saturated rings. The number of imide groups is 1. The molecule has 2 amide bonds. The lowest BCUT2D eigenvalue weighted by Gasteiger charge is -2.12. The third kappa shape index (κ3) is 3.00. The predicted molar refractivity (Wildman–Crippen MR) is 64.8 cm³/mol. The van der Waals surface area contributed by atoms with Crippen molar-refractivity contribution in [1.82, 2.24) is 4.90 Å². The average molecular weight is 251 g/mol. The van der Waals surface area contributed by atoms with Gasteiger partial charge in [0, 0.05) is 30.0 Å². The van der Waals surface area contributed by atoms with Gasteiger partial charge in [0.25, 0.3) is 0 Å². The van der Waals surface area contributed by atoms with Crippen LogP contribution in [0.15, 0.2) is 29.2 Å². The zero-order valence-electron chi connectivity index (χ0n) is 9.26. The van der Waals surface area contributed by atoms with Crippen molar-refractivity contribution in [3.8, 4) is 5.75 Å². The first-order valence-corrected chi connectivity index (χ1v) is 6.40. The summed E-state index contributed by atoms with van der Waals surface area (Å²) in [5, 5.41) is 9.28. The maximum absolute atomic E-state index is 11.3. The highest BCUT2D eigenvalue weighted by Gasteiger charge is 2.27. The number of nitrogens with zero attached hydrogens (tertiary/aromatic N) is 1. The van der Waals surface area contributed by atoms with Gasteiger partial charge in [-0.15, -0.1) is 11.8 Å². The Balaban J connectivity index is 1.83. The van der Waals surface area contributed by atoms with Crippen molar-refractivity contribution in [2.75, 3.05) is 12.3 Å². The second-order valence-corrected chi connectivity index (χ2v) is 4.95. The highest BCUT2D eigenvalue weighted by Crippen LogP contribution is 2.22. The zero-order chi connectivity index (χ0) is 12.3. The SMILES string of the molecule is O=C1CCC(=O)N1CCSc1cccc(O)c1. The van der Waals surface area contributed by atoms with Crippen molar-refractivity contribution in [3.05, 3.63) is 24.3 Å². The highest BCUT2D eigenvalue weighted by atomic mass is 32.2. The van der Waals surface area contributed by atoms with E-state index in [1.165, 1.54) is 16.7 Å². The number of amides is 2. The Bertz CT molecular complexity index is 431. The summed E-state index contributed by atoms with van der Waals surface area (Å²) in [6, 6.07) is 6.93. The molecule has 1 aliphatic heterocycles. The molecule has 90 valence electrons. The number of benzene rings is 1. The van der Waals surface area contributed by atoms with E-state index in [9.17, 15) is 14.7 Å². The summed E-state index contributed by atoms with van der Waals surface area (Å²) in [6.07, 6.45) is 0.686. The summed E-state index contributed by atoms with van der Waals surface area (Å²) < 4.78 is 0. The van der Waals surface area contributed by atoms with Crippen LogP contribution in [0.25, 0.3) is 0 Å². The summed E-state index contributed by atoms with van der Waals surface area (Å²) in [6.45, 7) is 0.442. The zero-order valence-corrected chi connectivity index (χ0v) is 10.1. The fourth-order valence-corrected chi connectivity index (χ4v) is 2.59. The van der Waals surface area contributed by atoms with E-state index in [2.05, 4.69) is 0 Å². The second kappa shape index (κ2) is 5.23. The van der Waals surface area contributed by atoms with Gasteiger partial charge >= 0.3 is 0 Å². The van der Waals surface area contributed by atoms with Crippen LogP contribution < -0.4 is 0 Å². The van der Waals surface area contributed by atoms with E-state index in [1.807, 2.05) is 6.07 Å². The van der Waals surface area contributed by atoms with Gasteiger partial charge in [0.2, 0.25) is 11.8 Å². The van der Waals surface area contributed by atoms with Gasteiger partial charge in [0.15, 0.2) is 0 Å². The standard InChI is InChI=1S/C12H13NO3S/c14-9-2-1-3-10(8-9)17-7-6-13-11(15)4-5-12(13)16/h1-3,8,14H,4-7H2. The van der Waals surface area contributed by atoms with Crippen LogP contribution >= 0.6 is 11.8 Å². The summed E-state index contributed by atoms with van der Waals surface area (Å²) >= 11 is 1.52. The number of phenolic OH excluding ortho intramolecular Hbond substituents is 1. The lowest BCUT2D eigenvalue weighted by molar-refractivity contribution is -0.137. The van der Waals surface area contributed by atoms with Crippen LogP contribution in [-0.2, 0) is 9.59 Å². The summed E-state index contributed by atoms with van der Waals surface area (Å²) in [4.78, 5) is 24.9. The Kier molecular flexibility index (Phi) is 3.68. The lowest BCUT2D eigenvalue weighted by Crippen LogP contribution is -2.31. The molecule has 1 aromatic carbocycles. The van der Waals surface area contributed by atoms with E-state index in [0.29, 0.717) is 25.1 Å². The van der Waals surface area contributed by atoms with Crippen LogP contribution in [0.4, 0.5) is 0 Å². The second-order valence-electron chi connectivity index (χ2n) is 3.78. The number of aromatic hydroxyl groups is 1. The van der Waals surface area contributed by atoms with Gasteiger partial charge in [-0.1, -0.05) is 6.07 Å². The molecule has 0 saturated carbocycles. The molecule has 1 saturated heterocycles. The molecule has 1 aliphatic rings. The fraction of sp³-hybridized carbons (Fsp3) is 0.333. The molecule has 0 atom stereocenters. The summed E-state index contributed by atoms with van der Waals surface area (Å²) in [7, 11) is 0. The van der Waals surface area contributed by atoms with E-state index in [1.54, 1.807) is 18.2 Å². The molecule has 0 radical (unpaired) electrons. The third-order valence-corrected chi connectivity index (χ3v) is 3.53. The van der Waals surface area contributed by atoms with Gasteiger partial charge in [-0.3, -0.25) is 14.5 Å². The molecule has 0 aliphatic carbocycles. The number of likely N-dealkylation sites (tertiary alicyclic amines) is 1. The molecular formula is C12H13NO3S. The number of hydrogen-bond acceptors (Lipinski definition) is 4. The molecule has 4 nitrogen and oxygen atoms in total. The Hall–Kier alpha value is -1.49. The van der Waals surface area contributed by atoms with Crippen LogP contribution in [0.3, 0.4) is 0 Å². The molecular weight excluding hydrogens is 238 g/mol. The van der Waals surface area contributed by atoms with Crippen LogP contribution in [0, 0.1) is 0 Å². The van der Waals surface area contributed by atoms with Crippen LogP contribution in [0.2, 0.25) is 0 Å². The first kappa shape index (κ1) is 12.0. The number of thioether (sulfide) groups is 1. The van der Waals surface area contributed by atoms with Crippen molar-refractivity contribution >= 4 is 23.6 Å². The number of hydrogen-bond donors (Lipinski definition) is 1. The molecule has 0 spiro atoms. The maximum Gasteiger partial charge on any atom is 0.229 e. The maximum atomic E-state index is 11.3. The Morgan fingerprint density at radius 1 is 1.24 bits per heavy atom. The number of phenols is 1. The van der Waals surface area contributed by atoms with Crippen molar-refractivity contribution in [3.63, 3.8) is 0 Å². The van der Waals surface area contributed by atoms with E-state index in [0.717, 1.165) is 4.90 Å². The van der Waals surface area contributed by atoms with Gasteiger partial charge in [0.1, 0.15) is 5.75 Å². The molecule has 5 heteroatoms. The molecule has 1 aromatic rings. The number of carbonyl (C=O) groups excluding carboxylic acids is 2. The van der Waals surface area contributed by atoms with Gasteiger partial charge < -0.3 is 5.11 Å². The number of carbonyl (C=O) groups is 2. The molecule has 1 heterocycles.